The zero-order valence-corrected chi connectivity index (χ0v) is 18.4. The molecule has 164 valence electrons. The second kappa shape index (κ2) is 13.2. The molecule has 0 radical (unpaired) electrons. The molecule has 1 aromatic rings. The van der Waals surface area contributed by atoms with Crippen LogP contribution < -0.4 is 0 Å². The number of hydrogen-bond acceptors (Lipinski definition) is 4. The number of benzene rings is 1. The van der Waals surface area contributed by atoms with Gasteiger partial charge in [0.25, 0.3) is 0 Å². The van der Waals surface area contributed by atoms with Gasteiger partial charge in [-0.1, -0.05) is 54.1 Å². The van der Waals surface area contributed by atoms with Crippen molar-refractivity contribution < 1.29 is 19.4 Å². The van der Waals surface area contributed by atoms with Gasteiger partial charge in [0.05, 0.1) is 12.2 Å². The molecule has 0 aliphatic heterocycles. The summed E-state index contributed by atoms with van der Waals surface area (Å²) in [5, 5.41) is 10.3. The average molecular weight is 413 g/mol. The van der Waals surface area contributed by atoms with E-state index < -0.39 is 0 Å². The first-order chi connectivity index (χ1) is 14.5. The molecular weight excluding hydrogens is 376 g/mol. The minimum absolute atomic E-state index is 0.0477. The molecule has 1 aliphatic carbocycles. The Kier molecular flexibility index (Phi) is 10.6. The Bertz CT molecular complexity index is 718. The maximum Gasteiger partial charge on any atom is 0.306 e. The van der Waals surface area contributed by atoms with Gasteiger partial charge in [-0.25, -0.2) is 0 Å². The van der Waals surface area contributed by atoms with Crippen LogP contribution in [0.3, 0.4) is 0 Å². The summed E-state index contributed by atoms with van der Waals surface area (Å²) in [6.45, 7) is 3.70. The Morgan fingerprint density at radius 1 is 1.17 bits per heavy atom. The number of hydrogen-bond donors (Lipinski definition) is 1. The number of carbonyl (C=O) groups excluding carboxylic acids is 2. The lowest BCUT2D eigenvalue weighted by Gasteiger charge is -2.15. The maximum atomic E-state index is 12.2. The monoisotopic (exact) mass is 412 g/mol. The fraction of sp³-hybridized carbons (Fsp3) is 0.538. The number of unbranched alkanes of at least 4 members (excludes halogenated alkanes) is 1. The third kappa shape index (κ3) is 9.08. The van der Waals surface area contributed by atoms with Crippen LogP contribution in [0.2, 0.25) is 0 Å². The van der Waals surface area contributed by atoms with Gasteiger partial charge < -0.3 is 9.84 Å². The minimum Gasteiger partial charge on any atom is -0.463 e. The highest BCUT2D eigenvalue weighted by molar-refractivity contribution is 5.88. The van der Waals surface area contributed by atoms with Gasteiger partial charge in [-0.2, -0.15) is 0 Å². The van der Waals surface area contributed by atoms with Gasteiger partial charge in [0.1, 0.15) is 5.78 Å². The summed E-state index contributed by atoms with van der Waals surface area (Å²) in [5.41, 5.74) is 2.41. The summed E-state index contributed by atoms with van der Waals surface area (Å²) in [5.74, 6) is 0.0721. The van der Waals surface area contributed by atoms with Crippen LogP contribution in [-0.2, 0) is 20.7 Å². The van der Waals surface area contributed by atoms with E-state index >= 15 is 0 Å². The normalized spacial score (nSPS) is 17.5. The van der Waals surface area contributed by atoms with E-state index in [2.05, 4.69) is 24.3 Å². The van der Waals surface area contributed by atoms with Crippen molar-refractivity contribution in [1.82, 2.24) is 0 Å². The Morgan fingerprint density at radius 2 is 1.90 bits per heavy atom. The van der Waals surface area contributed by atoms with Crippen molar-refractivity contribution in [3.63, 3.8) is 0 Å². The smallest absolute Gasteiger partial charge is 0.306 e. The second-order valence-corrected chi connectivity index (χ2v) is 8.36. The number of ether oxygens (including phenoxy) is 1. The molecule has 30 heavy (non-hydrogen) atoms. The molecule has 1 aromatic carbocycles. The third-order valence-corrected chi connectivity index (χ3v) is 5.43. The van der Waals surface area contributed by atoms with Crippen LogP contribution in [0.4, 0.5) is 0 Å². The van der Waals surface area contributed by atoms with Gasteiger partial charge in [0.2, 0.25) is 0 Å². The Hall–Kier alpha value is -2.20. The van der Waals surface area contributed by atoms with E-state index in [-0.39, 0.29) is 29.9 Å². The quantitative estimate of drug-likeness (QED) is 0.270. The van der Waals surface area contributed by atoms with E-state index in [1.165, 1.54) is 11.1 Å². The van der Waals surface area contributed by atoms with Gasteiger partial charge in [0, 0.05) is 18.8 Å². The molecule has 4 heteroatoms. The van der Waals surface area contributed by atoms with Crippen LogP contribution in [0.5, 0.6) is 0 Å². The lowest BCUT2D eigenvalue weighted by molar-refractivity contribution is -0.147. The number of aliphatic hydroxyl groups excluding tert-OH is 1. The fourth-order valence-electron chi connectivity index (χ4n) is 3.77. The van der Waals surface area contributed by atoms with Crippen LogP contribution in [-0.4, -0.2) is 29.1 Å². The number of Topliss-reactive ketones (excluding diaryl/α,β-unsaturated/α-hetero) is 1. The summed E-state index contributed by atoms with van der Waals surface area (Å²) in [4.78, 5) is 23.8. The third-order valence-electron chi connectivity index (χ3n) is 5.43. The predicted molar refractivity (Wildman–Crippen MR) is 120 cm³/mol. The van der Waals surface area contributed by atoms with E-state index in [1.807, 2.05) is 38.1 Å². The number of allylic oxidation sites excluding steroid dienone is 4. The number of aliphatic hydroxyl groups is 1. The van der Waals surface area contributed by atoms with Crippen molar-refractivity contribution in [2.75, 3.05) is 0 Å². The van der Waals surface area contributed by atoms with Gasteiger partial charge in [0.15, 0.2) is 0 Å². The van der Waals surface area contributed by atoms with Crippen LogP contribution in [0.1, 0.15) is 70.8 Å². The summed E-state index contributed by atoms with van der Waals surface area (Å²) in [7, 11) is 0. The minimum atomic E-state index is -0.344. The van der Waals surface area contributed by atoms with Crippen molar-refractivity contribution in [1.29, 1.82) is 0 Å². The number of carbonyl (C=O) groups is 2. The van der Waals surface area contributed by atoms with Crippen molar-refractivity contribution in [2.45, 2.75) is 83.8 Å². The molecule has 2 rings (SSSR count). The van der Waals surface area contributed by atoms with Crippen LogP contribution >= 0.6 is 0 Å². The first-order valence-corrected chi connectivity index (χ1v) is 11.2. The van der Waals surface area contributed by atoms with E-state index in [1.54, 1.807) is 0 Å². The van der Waals surface area contributed by atoms with Crippen molar-refractivity contribution in [3.05, 3.63) is 59.7 Å². The molecule has 0 heterocycles. The summed E-state index contributed by atoms with van der Waals surface area (Å²) >= 11 is 0. The largest absolute Gasteiger partial charge is 0.463 e. The maximum absolute atomic E-state index is 12.2. The highest BCUT2D eigenvalue weighted by Gasteiger charge is 2.26. The zero-order chi connectivity index (χ0) is 21.8. The molecule has 1 N–H and O–H groups in total. The number of aryl methyl sites for hydroxylation is 1. The van der Waals surface area contributed by atoms with Crippen molar-refractivity contribution in [3.8, 4) is 0 Å². The lowest BCUT2D eigenvalue weighted by atomic mass is 9.91. The lowest BCUT2D eigenvalue weighted by Crippen LogP contribution is -2.13. The number of ketones is 1. The van der Waals surface area contributed by atoms with Crippen LogP contribution in [0.25, 0.3) is 0 Å². The van der Waals surface area contributed by atoms with Crippen LogP contribution in [0.15, 0.2) is 54.1 Å². The first kappa shape index (κ1) is 24.1. The van der Waals surface area contributed by atoms with Gasteiger partial charge >= 0.3 is 5.97 Å². The molecular formula is C26H36O4. The summed E-state index contributed by atoms with van der Waals surface area (Å²) in [6, 6.07) is 10.2. The molecule has 0 saturated carbocycles. The number of rotatable bonds is 13. The zero-order valence-electron chi connectivity index (χ0n) is 18.4. The van der Waals surface area contributed by atoms with E-state index in [4.69, 9.17) is 4.74 Å². The molecule has 0 amide bonds. The topological polar surface area (TPSA) is 63.6 Å². The molecule has 2 atom stereocenters. The highest BCUT2D eigenvalue weighted by Crippen LogP contribution is 2.30. The Labute approximate surface area is 181 Å². The Morgan fingerprint density at radius 3 is 2.63 bits per heavy atom. The van der Waals surface area contributed by atoms with E-state index in [0.29, 0.717) is 25.7 Å². The summed E-state index contributed by atoms with van der Waals surface area (Å²) < 4.78 is 5.12. The van der Waals surface area contributed by atoms with Gasteiger partial charge in [-0.15, -0.1) is 0 Å². The SMILES string of the molecule is CC(C)OC(=O)CCCC=CC[C@H]1C(=O)CC=C1CCC(O)CCc1ccccc1. The number of esters is 1. The molecule has 0 fully saturated rings. The molecule has 1 unspecified atom stereocenters. The Balaban J connectivity index is 1.66. The molecule has 0 aromatic heterocycles. The molecule has 0 bridgehead atoms. The standard InChI is InChI=1S/C26H36O4/c1-20(2)30-26(29)13-9-4-3-8-12-24-22(16-19-25(24)28)15-18-23(27)17-14-21-10-6-5-7-11-21/h3,5-8,10-11,16,20,23-24,27H,4,9,12-15,17-19H2,1-2H3/t23?,24-/m1/s1. The van der Waals surface area contributed by atoms with Gasteiger partial charge in [-0.05, 0) is 64.4 Å². The fourth-order valence-corrected chi connectivity index (χ4v) is 3.77. The highest BCUT2D eigenvalue weighted by atomic mass is 16.5. The first-order valence-electron chi connectivity index (χ1n) is 11.2. The summed E-state index contributed by atoms with van der Waals surface area (Å²) in [6.07, 6.45) is 12.1. The molecule has 0 spiro atoms. The molecule has 0 saturated heterocycles. The molecule has 1 aliphatic rings. The van der Waals surface area contributed by atoms with E-state index in [0.717, 1.165) is 32.1 Å². The van der Waals surface area contributed by atoms with Crippen molar-refractivity contribution >= 4 is 11.8 Å². The van der Waals surface area contributed by atoms with Crippen molar-refractivity contribution in [2.24, 2.45) is 5.92 Å². The predicted octanol–water partition coefficient (Wildman–Crippen LogP) is 5.34. The average Bonchev–Trinajstić information content (AvgIpc) is 3.07. The second-order valence-electron chi connectivity index (χ2n) is 8.36. The van der Waals surface area contributed by atoms with E-state index in [9.17, 15) is 14.7 Å². The van der Waals surface area contributed by atoms with Gasteiger partial charge in [-0.3, -0.25) is 9.59 Å². The van der Waals surface area contributed by atoms with Crippen LogP contribution in [0, 0.1) is 5.92 Å². The molecule has 4 nitrogen and oxygen atoms in total.